The van der Waals surface area contributed by atoms with Gasteiger partial charge in [0.15, 0.2) is 5.78 Å². The number of hydrogen-bond acceptors (Lipinski definition) is 2. The van der Waals surface area contributed by atoms with Gasteiger partial charge in [-0.15, -0.1) is 0 Å². The first-order valence-electron chi connectivity index (χ1n) is 3.43. The second kappa shape index (κ2) is 2.78. The zero-order chi connectivity index (χ0) is 7.56. The molecule has 0 saturated heterocycles. The normalized spacial score (nSPS) is 24.2. The first-order valence-corrected chi connectivity index (χ1v) is 3.43. The van der Waals surface area contributed by atoms with Crippen molar-refractivity contribution in [1.82, 2.24) is 0 Å². The lowest BCUT2D eigenvalue weighted by Crippen LogP contribution is -2.07. The van der Waals surface area contributed by atoms with E-state index in [1.165, 1.54) is 0 Å². The standard InChI is InChI=1S/C8H11NO/c1-6-3-8(7(2)10)5-9-4-6/h4-6H,3H2,1-2H3. The first kappa shape index (κ1) is 7.19. The Labute approximate surface area is 60.7 Å². The van der Waals surface area contributed by atoms with Gasteiger partial charge in [-0.05, 0) is 19.3 Å². The molecule has 0 aromatic carbocycles. The maximum Gasteiger partial charge on any atom is 0.157 e. The molecule has 10 heavy (non-hydrogen) atoms. The molecule has 1 rings (SSSR count). The summed E-state index contributed by atoms with van der Waals surface area (Å²) in [6, 6.07) is 0. The molecule has 1 atom stereocenters. The number of rotatable bonds is 1. The lowest BCUT2D eigenvalue weighted by molar-refractivity contribution is -0.113. The van der Waals surface area contributed by atoms with Gasteiger partial charge < -0.3 is 0 Å². The zero-order valence-corrected chi connectivity index (χ0v) is 6.29. The molecule has 0 aromatic rings. The van der Waals surface area contributed by atoms with Gasteiger partial charge in [-0.1, -0.05) is 6.92 Å². The smallest absolute Gasteiger partial charge is 0.157 e. The highest BCUT2D eigenvalue weighted by molar-refractivity contribution is 5.94. The van der Waals surface area contributed by atoms with Crippen LogP contribution < -0.4 is 0 Å². The number of carbonyl (C=O) groups is 1. The van der Waals surface area contributed by atoms with Crippen molar-refractivity contribution in [3.05, 3.63) is 11.8 Å². The molecule has 0 radical (unpaired) electrons. The van der Waals surface area contributed by atoms with Crippen LogP contribution in [0.4, 0.5) is 0 Å². The Balaban J connectivity index is 2.71. The van der Waals surface area contributed by atoms with Gasteiger partial charge in [-0.3, -0.25) is 9.79 Å². The van der Waals surface area contributed by atoms with Gasteiger partial charge in [-0.2, -0.15) is 0 Å². The van der Waals surface area contributed by atoms with Crippen LogP contribution in [-0.4, -0.2) is 12.0 Å². The molecule has 1 unspecified atom stereocenters. The highest BCUT2D eigenvalue weighted by Gasteiger charge is 2.10. The van der Waals surface area contributed by atoms with E-state index in [1.807, 2.05) is 6.21 Å². The van der Waals surface area contributed by atoms with E-state index < -0.39 is 0 Å². The molecular weight excluding hydrogens is 126 g/mol. The maximum absolute atomic E-state index is 10.8. The quantitative estimate of drug-likeness (QED) is 0.539. The van der Waals surface area contributed by atoms with Gasteiger partial charge in [0.1, 0.15) is 0 Å². The predicted octanol–water partition coefficient (Wildman–Crippen LogP) is 1.57. The van der Waals surface area contributed by atoms with Crippen molar-refractivity contribution in [2.45, 2.75) is 20.3 Å². The summed E-state index contributed by atoms with van der Waals surface area (Å²) in [5, 5.41) is 0. The Bertz CT molecular complexity index is 203. The lowest BCUT2D eigenvalue weighted by Gasteiger charge is -2.09. The van der Waals surface area contributed by atoms with Gasteiger partial charge in [0.2, 0.25) is 0 Å². The molecular formula is C8H11NO. The van der Waals surface area contributed by atoms with Gasteiger partial charge in [-0.25, -0.2) is 0 Å². The Kier molecular flexibility index (Phi) is 2.00. The molecule has 54 valence electrons. The van der Waals surface area contributed by atoms with E-state index in [2.05, 4.69) is 11.9 Å². The highest BCUT2D eigenvalue weighted by Crippen LogP contribution is 2.14. The molecule has 0 aliphatic carbocycles. The fourth-order valence-corrected chi connectivity index (χ4v) is 0.967. The van der Waals surface area contributed by atoms with Crippen molar-refractivity contribution in [3.63, 3.8) is 0 Å². The summed E-state index contributed by atoms with van der Waals surface area (Å²) in [4.78, 5) is 14.8. The number of aliphatic imine (C=N–C) groups is 1. The molecule has 2 heteroatoms. The number of carbonyl (C=O) groups excluding carboxylic acids is 1. The van der Waals surface area contributed by atoms with Crippen LogP contribution in [0.25, 0.3) is 0 Å². The van der Waals surface area contributed by atoms with Crippen LogP contribution in [0, 0.1) is 5.92 Å². The van der Waals surface area contributed by atoms with Crippen molar-refractivity contribution in [1.29, 1.82) is 0 Å². The summed E-state index contributed by atoms with van der Waals surface area (Å²) in [5.74, 6) is 0.563. The summed E-state index contributed by atoms with van der Waals surface area (Å²) >= 11 is 0. The predicted molar refractivity (Wildman–Crippen MR) is 41.0 cm³/mol. The molecule has 0 saturated carbocycles. The van der Waals surface area contributed by atoms with E-state index in [4.69, 9.17) is 0 Å². The molecule has 0 fully saturated rings. The van der Waals surface area contributed by atoms with Crippen molar-refractivity contribution >= 4 is 12.0 Å². The number of hydrogen-bond donors (Lipinski definition) is 0. The van der Waals surface area contributed by atoms with E-state index in [0.29, 0.717) is 5.92 Å². The molecule has 0 amide bonds. The van der Waals surface area contributed by atoms with Gasteiger partial charge in [0, 0.05) is 18.0 Å². The molecule has 0 aromatic heterocycles. The topological polar surface area (TPSA) is 29.4 Å². The lowest BCUT2D eigenvalue weighted by atomic mass is 9.99. The van der Waals surface area contributed by atoms with E-state index in [-0.39, 0.29) is 5.78 Å². The fourth-order valence-electron chi connectivity index (χ4n) is 0.967. The molecule has 2 nitrogen and oxygen atoms in total. The average Bonchev–Trinajstić information content (AvgIpc) is 1.88. The van der Waals surface area contributed by atoms with Crippen LogP contribution in [0.2, 0.25) is 0 Å². The minimum absolute atomic E-state index is 0.142. The Morgan fingerprint density at radius 2 is 2.50 bits per heavy atom. The largest absolute Gasteiger partial charge is 0.295 e. The monoisotopic (exact) mass is 137 g/mol. The Morgan fingerprint density at radius 1 is 1.80 bits per heavy atom. The Hall–Kier alpha value is -0.920. The van der Waals surface area contributed by atoms with Gasteiger partial charge in [0.05, 0.1) is 0 Å². The van der Waals surface area contributed by atoms with Crippen molar-refractivity contribution < 1.29 is 4.79 Å². The van der Waals surface area contributed by atoms with Crippen molar-refractivity contribution in [3.8, 4) is 0 Å². The van der Waals surface area contributed by atoms with E-state index in [1.54, 1.807) is 13.1 Å². The summed E-state index contributed by atoms with van der Waals surface area (Å²) in [5.41, 5.74) is 0.843. The SMILES string of the molecule is CC(=O)C1=CN=CC(C)C1. The van der Waals surface area contributed by atoms with Crippen LogP contribution in [0.3, 0.4) is 0 Å². The second-order valence-electron chi connectivity index (χ2n) is 2.69. The number of nitrogens with zero attached hydrogens (tertiary/aromatic N) is 1. The Morgan fingerprint density at radius 3 is 2.90 bits per heavy atom. The molecule has 0 bridgehead atoms. The number of allylic oxidation sites excluding steroid dienone is 1. The van der Waals surface area contributed by atoms with Crippen molar-refractivity contribution in [2.75, 3.05) is 0 Å². The minimum Gasteiger partial charge on any atom is -0.295 e. The van der Waals surface area contributed by atoms with Gasteiger partial charge >= 0.3 is 0 Å². The summed E-state index contributed by atoms with van der Waals surface area (Å²) in [7, 11) is 0. The van der Waals surface area contributed by atoms with E-state index in [0.717, 1.165) is 12.0 Å². The zero-order valence-electron chi connectivity index (χ0n) is 6.29. The average molecular weight is 137 g/mol. The number of Topliss-reactive ketones (excluding diaryl/α,β-unsaturated/α-hetero) is 1. The second-order valence-corrected chi connectivity index (χ2v) is 2.69. The summed E-state index contributed by atoms with van der Waals surface area (Å²) in [6.45, 7) is 3.64. The first-order chi connectivity index (χ1) is 4.70. The summed E-state index contributed by atoms with van der Waals surface area (Å²) < 4.78 is 0. The van der Waals surface area contributed by atoms with Crippen LogP contribution in [0.1, 0.15) is 20.3 Å². The summed E-state index contributed by atoms with van der Waals surface area (Å²) in [6.07, 6.45) is 4.37. The maximum atomic E-state index is 10.8. The van der Waals surface area contributed by atoms with Gasteiger partial charge in [0.25, 0.3) is 0 Å². The third-order valence-corrected chi connectivity index (χ3v) is 1.57. The molecule has 1 aliphatic rings. The molecule has 1 aliphatic heterocycles. The molecule has 0 spiro atoms. The number of ketones is 1. The minimum atomic E-state index is 0.142. The van der Waals surface area contributed by atoms with E-state index in [9.17, 15) is 4.79 Å². The highest BCUT2D eigenvalue weighted by atomic mass is 16.1. The van der Waals surface area contributed by atoms with E-state index >= 15 is 0 Å². The third-order valence-electron chi connectivity index (χ3n) is 1.57. The van der Waals surface area contributed by atoms with Crippen LogP contribution >= 0.6 is 0 Å². The third kappa shape index (κ3) is 1.53. The fraction of sp³-hybridized carbons (Fsp3) is 0.500. The molecule has 0 N–H and O–H groups in total. The van der Waals surface area contributed by atoms with Crippen LogP contribution in [-0.2, 0) is 4.79 Å². The van der Waals surface area contributed by atoms with Crippen LogP contribution in [0.15, 0.2) is 16.8 Å². The van der Waals surface area contributed by atoms with Crippen LogP contribution in [0.5, 0.6) is 0 Å². The molecule has 1 heterocycles. The van der Waals surface area contributed by atoms with Crippen molar-refractivity contribution in [2.24, 2.45) is 10.9 Å².